The Morgan fingerprint density at radius 2 is 1.76 bits per heavy atom. The number of rotatable bonds is 6. The van der Waals surface area contributed by atoms with Gasteiger partial charge in [-0.05, 0) is 51.2 Å². The van der Waals surface area contributed by atoms with Crippen LogP contribution in [0.15, 0.2) is 24.3 Å². The first-order chi connectivity index (χ1) is 10.0. The standard InChI is InChI=1S/C18H31N3/c1-6-19-18-16-10-8-7-9-15(16)14(2)13-17(18)21(5)12-11-20(3)4/h7-10,14,17-19H,6,11-13H2,1-5H3. The average molecular weight is 289 g/mol. The monoisotopic (exact) mass is 289 g/mol. The number of fused-ring (bicyclic) bond motifs is 1. The summed E-state index contributed by atoms with van der Waals surface area (Å²) in [5.41, 5.74) is 3.03. The van der Waals surface area contributed by atoms with Crippen LogP contribution >= 0.6 is 0 Å². The third-order valence-corrected chi connectivity index (χ3v) is 4.73. The van der Waals surface area contributed by atoms with Crippen LogP contribution in [0.4, 0.5) is 0 Å². The van der Waals surface area contributed by atoms with Gasteiger partial charge < -0.3 is 15.1 Å². The summed E-state index contributed by atoms with van der Waals surface area (Å²) in [4.78, 5) is 4.80. The molecular weight excluding hydrogens is 258 g/mol. The van der Waals surface area contributed by atoms with Gasteiger partial charge in [-0.15, -0.1) is 0 Å². The van der Waals surface area contributed by atoms with Gasteiger partial charge in [0.15, 0.2) is 0 Å². The molecule has 3 nitrogen and oxygen atoms in total. The van der Waals surface area contributed by atoms with Gasteiger partial charge >= 0.3 is 0 Å². The van der Waals surface area contributed by atoms with Gasteiger partial charge in [0.05, 0.1) is 0 Å². The second-order valence-electron chi connectivity index (χ2n) is 6.65. The van der Waals surface area contributed by atoms with E-state index in [2.05, 4.69) is 74.4 Å². The van der Waals surface area contributed by atoms with Crippen LogP contribution in [-0.2, 0) is 0 Å². The predicted octanol–water partition coefficient (Wildman–Crippen LogP) is 2.71. The van der Waals surface area contributed by atoms with Crippen LogP contribution in [0.25, 0.3) is 0 Å². The van der Waals surface area contributed by atoms with Gasteiger partial charge in [0.2, 0.25) is 0 Å². The van der Waals surface area contributed by atoms with Gasteiger partial charge in [0, 0.05) is 25.2 Å². The molecule has 1 aromatic carbocycles. The molecule has 0 fully saturated rings. The number of hydrogen-bond acceptors (Lipinski definition) is 3. The third-order valence-electron chi connectivity index (χ3n) is 4.73. The lowest BCUT2D eigenvalue weighted by molar-refractivity contribution is 0.153. The summed E-state index contributed by atoms with van der Waals surface area (Å²) < 4.78 is 0. The van der Waals surface area contributed by atoms with Crippen LogP contribution in [0, 0.1) is 0 Å². The van der Waals surface area contributed by atoms with Gasteiger partial charge in [0.25, 0.3) is 0 Å². The Balaban J connectivity index is 2.21. The quantitative estimate of drug-likeness (QED) is 0.869. The van der Waals surface area contributed by atoms with Crippen LogP contribution in [-0.4, -0.2) is 56.6 Å². The van der Waals surface area contributed by atoms with Gasteiger partial charge in [-0.25, -0.2) is 0 Å². The maximum atomic E-state index is 3.72. The van der Waals surface area contributed by atoms with E-state index in [1.165, 1.54) is 17.5 Å². The van der Waals surface area contributed by atoms with Crippen molar-refractivity contribution >= 4 is 0 Å². The number of hydrogen-bond donors (Lipinski definition) is 1. The topological polar surface area (TPSA) is 18.5 Å². The summed E-state index contributed by atoms with van der Waals surface area (Å²) in [6.07, 6.45) is 1.23. The molecule has 21 heavy (non-hydrogen) atoms. The highest BCUT2D eigenvalue weighted by Crippen LogP contribution is 2.39. The van der Waals surface area contributed by atoms with Gasteiger partial charge in [-0.1, -0.05) is 38.1 Å². The highest BCUT2D eigenvalue weighted by Gasteiger charge is 2.34. The number of nitrogens with zero attached hydrogens (tertiary/aromatic N) is 2. The largest absolute Gasteiger partial charge is 0.309 e. The van der Waals surface area contributed by atoms with Crippen molar-refractivity contribution in [2.24, 2.45) is 0 Å². The van der Waals surface area contributed by atoms with Crippen molar-refractivity contribution in [3.05, 3.63) is 35.4 Å². The molecule has 0 aromatic heterocycles. The normalized spacial score (nSPS) is 25.4. The highest BCUT2D eigenvalue weighted by molar-refractivity contribution is 5.36. The fourth-order valence-electron chi connectivity index (χ4n) is 3.50. The average Bonchev–Trinajstić information content (AvgIpc) is 2.47. The lowest BCUT2D eigenvalue weighted by Crippen LogP contribution is -2.47. The zero-order valence-corrected chi connectivity index (χ0v) is 14.3. The maximum absolute atomic E-state index is 3.72. The summed E-state index contributed by atoms with van der Waals surface area (Å²) in [5.74, 6) is 0.642. The minimum absolute atomic E-state index is 0.453. The molecule has 3 atom stereocenters. The van der Waals surface area contributed by atoms with E-state index in [-0.39, 0.29) is 0 Å². The van der Waals surface area contributed by atoms with Gasteiger partial charge in [0.1, 0.15) is 0 Å². The lowest BCUT2D eigenvalue weighted by Gasteiger charge is -2.42. The molecule has 0 amide bonds. The van der Waals surface area contributed by atoms with E-state index in [4.69, 9.17) is 0 Å². The predicted molar refractivity (Wildman–Crippen MR) is 90.9 cm³/mol. The Morgan fingerprint density at radius 3 is 2.38 bits per heavy atom. The third kappa shape index (κ3) is 3.85. The van der Waals surface area contributed by atoms with Crippen LogP contribution < -0.4 is 5.32 Å². The Bertz CT molecular complexity index is 444. The highest BCUT2D eigenvalue weighted by atomic mass is 15.2. The first kappa shape index (κ1) is 16.5. The SMILES string of the molecule is CCNC1c2ccccc2C(C)CC1N(C)CCN(C)C. The van der Waals surface area contributed by atoms with E-state index in [1.54, 1.807) is 0 Å². The fraction of sp³-hybridized carbons (Fsp3) is 0.667. The molecular formula is C18H31N3. The molecule has 118 valence electrons. The minimum atomic E-state index is 0.453. The summed E-state index contributed by atoms with van der Waals surface area (Å²) in [7, 11) is 6.57. The van der Waals surface area contributed by atoms with Crippen LogP contribution in [0.1, 0.15) is 43.4 Å². The second-order valence-corrected chi connectivity index (χ2v) is 6.65. The van der Waals surface area contributed by atoms with E-state index >= 15 is 0 Å². The lowest BCUT2D eigenvalue weighted by atomic mass is 9.77. The van der Waals surface area contributed by atoms with E-state index in [0.717, 1.165) is 19.6 Å². The Kier molecular flexibility index (Phi) is 5.80. The van der Waals surface area contributed by atoms with Crippen LogP contribution in [0.2, 0.25) is 0 Å². The fourth-order valence-corrected chi connectivity index (χ4v) is 3.50. The summed E-state index contributed by atoms with van der Waals surface area (Å²) in [6, 6.07) is 10.0. The second kappa shape index (κ2) is 7.39. The first-order valence-electron chi connectivity index (χ1n) is 8.21. The van der Waals surface area contributed by atoms with Crippen LogP contribution in [0.3, 0.4) is 0 Å². The summed E-state index contributed by atoms with van der Waals surface area (Å²) in [5, 5.41) is 3.72. The molecule has 0 saturated carbocycles. The molecule has 1 aliphatic rings. The molecule has 0 radical (unpaired) electrons. The summed E-state index contributed by atoms with van der Waals surface area (Å²) in [6.45, 7) is 7.83. The van der Waals surface area contributed by atoms with Crippen molar-refractivity contribution < 1.29 is 0 Å². The molecule has 1 N–H and O–H groups in total. The number of benzene rings is 1. The van der Waals surface area contributed by atoms with Crippen molar-refractivity contribution in [1.29, 1.82) is 0 Å². The molecule has 3 unspecified atom stereocenters. The van der Waals surface area contributed by atoms with E-state index in [1.807, 2.05) is 0 Å². The van der Waals surface area contributed by atoms with Crippen molar-refractivity contribution in [3.8, 4) is 0 Å². The molecule has 3 heteroatoms. The Hall–Kier alpha value is -0.900. The van der Waals surface area contributed by atoms with Gasteiger partial charge in [-0.3, -0.25) is 0 Å². The smallest absolute Gasteiger partial charge is 0.0481 e. The van der Waals surface area contributed by atoms with E-state index in [9.17, 15) is 0 Å². The zero-order valence-electron chi connectivity index (χ0n) is 14.3. The van der Waals surface area contributed by atoms with Crippen LogP contribution in [0.5, 0.6) is 0 Å². The number of nitrogens with one attached hydrogen (secondary N) is 1. The summed E-state index contributed by atoms with van der Waals surface area (Å²) >= 11 is 0. The molecule has 0 aliphatic heterocycles. The van der Waals surface area contributed by atoms with Crippen molar-refractivity contribution in [2.45, 2.75) is 38.3 Å². The van der Waals surface area contributed by atoms with Gasteiger partial charge in [-0.2, -0.15) is 0 Å². The maximum Gasteiger partial charge on any atom is 0.0481 e. The molecule has 1 aliphatic carbocycles. The zero-order chi connectivity index (χ0) is 15.4. The molecule has 0 bridgehead atoms. The van der Waals surface area contributed by atoms with E-state index in [0.29, 0.717) is 18.0 Å². The molecule has 0 heterocycles. The van der Waals surface area contributed by atoms with Crippen molar-refractivity contribution in [1.82, 2.24) is 15.1 Å². The molecule has 2 rings (SSSR count). The Morgan fingerprint density at radius 1 is 1.10 bits per heavy atom. The first-order valence-corrected chi connectivity index (χ1v) is 8.21. The molecule has 0 saturated heterocycles. The minimum Gasteiger partial charge on any atom is -0.309 e. The Labute approximate surface area is 130 Å². The van der Waals surface area contributed by atoms with Crippen molar-refractivity contribution in [3.63, 3.8) is 0 Å². The number of likely N-dealkylation sites (N-methyl/N-ethyl adjacent to an activating group) is 3. The molecule has 0 spiro atoms. The van der Waals surface area contributed by atoms with E-state index < -0.39 is 0 Å². The van der Waals surface area contributed by atoms with Crippen molar-refractivity contribution in [2.75, 3.05) is 40.8 Å². The molecule has 1 aromatic rings.